The lowest BCUT2D eigenvalue weighted by Crippen LogP contribution is -2.47. The van der Waals surface area contributed by atoms with Crippen LogP contribution < -0.4 is 14.8 Å². The first kappa shape index (κ1) is 22.1. The molecule has 3 rings (SSSR count). The standard InChI is InChI=1S/C20H28N4O5S/c1-3-28-17-4-6-18(7-5-17)29-10-8-21-20(25)14-24-9-11-30(26,27)15-19(24)16-12-22-23(2)13-16/h4-7,12-13,19H,3,8-11,14-15H2,1-2H3,(H,21,25). The maximum absolute atomic E-state index is 12.4. The highest BCUT2D eigenvalue weighted by Crippen LogP contribution is 2.26. The Hall–Kier alpha value is -2.59. The molecule has 10 heteroatoms. The highest BCUT2D eigenvalue weighted by molar-refractivity contribution is 7.91. The fourth-order valence-corrected chi connectivity index (χ4v) is 4.91. The molecule has 1 fully saturated rings. The van der Waals surface area contributed by atoms with Gasteiger partial charge in [-0.2, -0.15) is 5.10 Å². The summed E-state index contributed by atoms with van der Waals surface area (Å²) in [5, 5.41) is 6.96. The quantitative estimate of drug-likeness (QED) is 0.580. The van der Waals surface area contributed by atoms with Gasteiger partial charge in [0.25, 0.3) is 0 Å². The third kappa shape index (κ3) is 6.20. The first-order chi connectivity index (χ1) is 14.4. The van der Waals surface area contributed by atoms with Crippen LogP contribution in [0.25, 0.3) is 0 Å². The van der Waals surface area contributed by atoms with Crippen LogP contribution in [-0.2, 0) is 21.7 Å². The van der Waals surface area contributed by atoms with E-state index >= 15 is 0 Å². The van der Waals surface area contributed by atoms with E-state index in [1.54, 1.807) is 24.1 Å². The molecule has 0 spiro atoms. The van der Waals surface area contributed by atoms with Crippen molar-refractivity contribution in [2.75, 3.05) is 44.4 Å². The molecule has 2 aromatic rings. The van der Waals surface area contributed by atoms with Gasteiger partial charge < -0.3 is 14.8 Å². The number of hydrogen-bond acceptors (Lipinski definition) is 7. The second-order valence-corrected chi connectivity index (χ2v) is 9.38. The van der Waals surface area contributed by atoms with Gasteiger partial charge in [-0.25, -0.2) is 8.42 Å². The van der Waals surface area contributed by atoms with E-state index in [-0.39, 0.29) is 30.0 Å². The van der Waals surface area contributed by atoms with Gasteiger partial charge in [-0.1, -0.05) is 0 Å². The number of nitrogens with zero attached hydrogens (tertiary/aromatic N) is 3. The molecule has 0 bridgehead atoms. The van der Waals surface area contributed by atoms with E-state index in [9.17, 15) is 13.2 Å². The molecule has 0 radical (unpaired) electrons. The summed E-state index contributed by atoms with van der Waals surface area (Å²) >= 11 is 0. The molecule has 0 saturated carbocycles. The van der Waals surface area contributed by atoms with Crippen molar-refractivity contribution in [1.82, 2.24) is 20.0 Å². The van der Waals surface area contributed by atoms with Crippen LogP contribution >= 0.6 is 0 Å². The van der Waals surface area contributed by atoms with E-state index in [1.807, 2.05) is 36.1 Å². The molecule has 1 unspecified atom stereocenters. The van der Waals surface area contributed by atoms with Crippen LogP contribution in [0.4, 0.5) is 0 Å². The maximum Gasteiger partial charge on any atom is 0.234 e. The average Bonchev–Trinajstić information content (AvgIpc) is 3.14. The molecular formula is C20H28N4O5S. The molecule has 9 nitrogen and oxygen atoms in total. The Bertz CT molecular complexity index is 942. The van der Waals surface area contributed by atoms with E-state index in [1.165, 1.54) is 0 Å². The maximum atomic E-state index is 12.4. The van der Waals surface area contributed by atoms with Crippen molar-refractivity contribution >= 4 is 15.7 Å². The minimum Gasteiger partial charge on any atom is -0.494 e. The highest BCUT2D eigenvalue weighted by Gasteiger charge is 2.33. The number of ether oxygens (including phenoxy) is 2. The molecule has 164 valence electrons. The lowest BCUT2D eigenvalue weighted by molar-refractivity contribution is -0.122. The zero-order valence-corrected chi connectivity index (χ0v) is 18.1. The number of nitrogens with one attached hydrogen (secondary N) is 1. The van der Waals surface area contributed by atoms with Crippen molar-refractivity contribution in [2.24, 2.45) is 7.05 Å². The zero-order chi connectivity index (χ0) is 21.6. The van der Waals surface area contributed by atoms with Crippen molar-refractivity contribution in [1.29, 1.82) is 0 Å². The third-order valence-electron chi connectivity index (χ3n) is 4.83. The Morgan fingerprint density at radius 2 is 1.93 bits per heavy atom. The van der Waals surface area contributed by atoms with Crippen LogP contribution in [0.3, 0.4) is 0 Å². The Labute approximate surface area is 176 Å². The van der Waals surface area contributed by atoms with Crippen LogP contribution in [0.15, 0.2) is 36.7 Å². The van der Waals surface area contributed by atoms with Gasteiger partial charge in [-0.15, -0.1) is 0 Å². The number of amides is 1. The summed E-state index contributed by atoms with van der Waals surface area (Å²) in [4.78, 5) is 14.3. The average molecular weight is 437 g/mol. The molecule has 0 aliphatic carbocycles. The predicted molar refractivity (Wildman–Crippen MR) is 112 cm³/mol. The van der Waals surface area contributed by atoms with Gasteiger partial charge in [0.2, 0.25) is 5.91 Å². The summed E-state index contributed by atoms with van der Waals surface area (Å²) in [6, 6.07) is 6.93. The third-order valence-corrected chi connectivity index (χ3v) is 6.45. The molecule has 1 aliphatic rings. The first-order valence-electron chi connectivity index (χ1n) is 9.91. The first-order valence-corrected chi connectivity index (χ1v) is 11.7. The predicted octanol–water partition coefficient (Wildman–Crippen LogP) is 0.786. The Morgan fingerprint density at radius 3 is 2.57 bits per heavy atom. The number of hydrogen-bond donors (Lipinski definition) is 1. The van der Waals surface area contributed by atoms with E-state index in [0.29, 0.717) is 32.1 Å². The van der Waals surface area contributed by atoms with Crippen molar-refractivity contribution in [3.05, 3.63) is 42.2 Å². The van der Waals surface area contributed by atoms with Crippen LogP contribution in [0.1, 0.15) is 18.5 Å². The Morgan fingerprint density at radius 1 is 1.23 bits per heavy atom. The van der Waals surface area contributed by atoms with Crippen molar-refractivity contribution in [2.45, 2.75) is 13.0 Å². The number of benzene rings is 1. The fourth-order valence-electron chi connectivity index (χ4n) is 3.35. The van der Waals surface area contributed by atoms with Gasteiger partial charge in [0, 0.05) is 25.4 Å². The normalized spacial score (nSPS) is 18.7. The van der Waals surface area contributed by atoms with Crippen LogP contribution in [0.2, 0.25) is 0 Å². The summed E-state index contributed by atoms with van der Waals surface area (Å²) in [7, 11) is -1.36. The van der Waals surface area contributed by atoms with Crippen LogP contribution in [0.5, 0.6) is 11.5 Å². The topological polar surface area (TPSA) is 103 Å². The second-order valence-electron chi connectivity index (χ2n) is 7.15. The molecule has 1 amide bonds. The minimum absolute atomic E-state index is 0.00712. The summed E-state index contributed by atoms with van der Waals surface area (Å²) < 4.78 is 36.8. The summed E-state index contributed by atoms with van der Waals surface area (Å²) in [6.07, 6.45) is 3.45. The molecule has 1 saturated heterocycles. The SMILES string of the molecule is CCOc1ccc(OCCNC(=O)CN2CCS(=O)(=O)CC2c2cnn(C)c2)cc1. The molecule has 1 aliphatic heterocycles. The summed E-state index contributed by atoms with van der Waals surface area (Å²) in [5.41, 5.74) is 0.799. The fraction of sp³-hybridized carbons (Fsp3) is 0.500. The minimum atomic E-state index is -3.14. The van der Waals surface area contributed by atoms with E-state index < -0.39 is 9.84 Å². The monoisotopic (exact) mass is 436 g/mol. The van der Waals surface area contributed by atoms with E-state index in [2.05, 4.69) is 10.4 Å². The molecule has 1 aromatic heterocycles. The van der Waals surface area contributed by atoms with Gasteiger partial charge in [0.1, 0.15) is 18.1 Å². The van der Waals surface area contributed by atoms with Gasteiger partial charge in [0.15, 0.2) is 9.84 Å². The number of rotatable bonds is 9. The molecular weight excluding hydrogens is 408 g/mol. The number of carbonyl (C=O) groups excluding carboxylic acids is 1. The van der Waals surface area contributed by atoms with Gasteiger partial charge >= 0.3 is 0 Å². The zero-order valence-electron chi connectivity index (χ0n) is 17.3. The van der Waals surface area contributed by atoms with Gasteiger partial charge in [-0.05, 0) is 31.2 Å². The second kappa shape index (κ2) is 9.94. The molecule has 30 heavy (non-hydrogen) atoms. The summed E-state index contributed by atoms with van der Waals surface area (Å²) in [5.74, 6) is 1.36. The molecule has 1 N–H and O–H groups in total. The lowest BCUT2D eigenvalue weighted by Gasteiger charge is -2.34. The Kier molecular flexibility index (Phi) is 7.33. The van der Waals surface area contributed by atoms with Crippen molar-refractivity contribution in [3.63, 3.8) is 0 Å². The van der Waals surface area contributed by atoms with Crippen molar-refractivity contribution < 1.29 is 22.7 Å². The smallest absolute Gasteiger partial charge is 0.234 e. The number of carbonyl (C=O) groups is 1. The van der Waals surface area contributed by atoms with Gasteiger partial charge in [0.05, 0.1) is 43.4 Å². The number of sulfone groups is 1. The molecule has 2 heterocycles. The largest absolute Gasteiger partial charge is 0.494 e. The number of aromatic nitrogens is 2. The summed E-state index contributed by atoms with van der Waals surface area (Å²) in [6.45, 7) is 3.66. The van der Waals surface area contributed by atoms with Crippen LogP contribution in [-0.4, -0.2) is 73.4 Å². The molecule has 1 aromatic carbocycles. The number of aryl methyl sites for hydroxylation is 1. The molecule has 1 atom stereocenters. The van der Waals surface area contributed by atoms with E-state index in [4.69, 9.17) is 9.47 Å². The van der Waals surface area contributed by atoms with E-state index in [0.717, 1.165) is 11.3 Å². The van der Waals surface area contributed by atoms with Gasteiger partial charge in [-0.3, -0.25) is 14.4 Å². The van der Waals surface area contributed by atoms with Crippen molar-refractivity contribution in [3.8, 4) is 11.5 Å². The highest BCUT2D eigenvalue weighted by atomic mass is 32.2. The van der Waals surface area contributed by atoms with Crippen LogP contribution in [0, 0.1) is 0 Å². The Balaban J connectivity index is 1.47. The lowest BCUT2D eigenvalue weighted by atomic mass is 10.1.